The third kappa shape index (κ3) is 4.17. The van der Waals surface area contributed by atoms with Gasteiger partial charge < -0.3 is 15.1 Å². The molecule has 4 aromatic rings. The van der Waals surface area contributed by atoms with Crippen molar-refractivity contribution in [3.05, 3.63) is 78.6 Å². The molecule has 3 heterocycles. The van der Waals surface area contributed by atoms with Crippen LogP contribution >= 0.6 is 0 Å². The molecule has 0 bridgehead atoms. The summed E-state index contributed by atoms with van der Waals surface area (Å²) >= 11 is 0. The second-order valence-electron chi connectivity index (χ2n) is 8.09. The maximum atomic E-state index is 12.9. The monoisotopic (exact) mass is 427 g/mol. The van der Waals surface area contributed by atoms with Crippen LogP contribution in [0, 0.1) is 0 Å². The van der Waals surface area contributed by atoms with Crippen LogP contribution in [-0.2, 0) is 6.54 Å². The summed E-state index contributed by atoms with van der Waals surface area (Å²) in [6.07, 6.45) is 6.81. The summed E-state index contributed by atoms with van der Waals surface area (Å²) < 4.78 is 1.75. The number of anilines is 2. The summed E-state index contributed by atoms with van der Waals surface area (Å²) in [7, 11) is 2.15. The third-order valence-corrected chi connectivity index (χ3v) is 5.91. The molecule has 8 nitrogen and oxygen atoms in total. The molecule has 0 saturated carbocycles. The van der Waals surface area contributed by atoms with E-state index in [1.54, 1.807) is 17.2 Å². The first-order chi connectivity index (χ1) is 15.7. The normalized spacial score (nSPS) is 14.6. The number of nitrogens with zero attached hydrogens (tertiary/aromatic N) is 6. The molecule has 5 rings (SSSR count). The van der Waals surface area contributed by atoms with Gasteiger partial charge >= 0.3 is 0 Å². The van der Waals surface area contributed by atoms with E-state index >= 15 is 0 Å². The van der Waals surface area contributed by atoms with Gasteiger partial charge in [0.25, 0.3) is 5.91 Å². The number of hydrogen-bond donors (Lipinski definition) is 1. The lowest BCUT2D eigenvalue weighted by Gasteiger charge is -2.34. The molecule has 0 radical (unpaired) electrons. The predicted molar refractivity (Wildman–Crippen MR) is 125 cm³/mol. The average molecular weight is 428 g/mol. The Labute approximate surface area is 186 Å². The lowest BCUT2D eigenvalue weighted by Crippen LogP contribution is -2.44. The number of fused-ring (bicyclic) bond motifs is 1. The SMILES string of the molecule is CN1CCN(c2ccc(NC(=O)c3ccc(Cn4cncn4)cc3)c3cnccc23)CC1. The molecule has 1 aliphatic heterocycles. The van der Waals surface area contributed by atoms with Crippen LogP contribution in [0.25, 0.3) is 10.8 Å². The van der Waals surface area contributed by atoms with Crippen molar-refractivity contribution in [2.45, 2.75) is 6.54 Å². The van der Waals surface area contributed by atoms with Gasteiger partial charge in [-0.05, 0) is 42.9 Å². The van der Waals surface area contributed by atoms with Gasteiger partial charge in [0.2, 0.25) is 0 Å². The van der Waals surface area contributed by atoms with Gasteiger partial charge in [0, 0.05) is 60.6 Å². The maximum absolute atomic E-state index is 12.9. The number of rotatable bonds is 5. The molecule has 1 N–H and O–H groups in total. The molecular weight excluding hydrogens is 402 g/mol. The highest BCUT2D eigenvalue weighted by molar-refractivity contribution is 6.11. The second-order valence-corrected chi connectivity index (χ2v) is 8.09. The van der Waals surface area contributed by atoms with Crippen LogP contribution < -0.4 is 10.2 Å². The van der Waals surface area contributed by atoms with Crippen LogP contribution in [-0.4, -0.2) is 63.8 Å². The van der Waals surface area contributed by atoms with Gasteiger partial charge in [-0.25, -0.2) is 9.67 Å². The van der Waals surface area contributed by atoms with Gasteiger partial charge in [-0.1, -0.05) is 12.1 Å². The number of aromatic nitrogens is 4. The number of likely N-dealkylation sites (N-methyl/N-ethyl adjacent to an activating group) is 1. The van der Waals surface area contributed by atoms with E-state index in [9.17, 15) is 4.79 Å². The average Bonchev–Trinajstić information content (AvgIpc) is 3.33. The van der Waals surface area contributed by atoms with Crippen LogP contribution in [0.3, 0.4) is 0 Å². The Bertz CT molecular complexity index is 1210. The van der Waals surface area contributed by atoms with Crippen molar-refractivity contribution in [1.82, 2.24) is 24.6 Å². The molecule has 1 saturated heterocycles. The molecule has 2 aromatic heterocycles. The van der Waals surface area contributed by atoms with E-state index in [0.717, 1.165) is 48.2 Å². The smallest absolute Gasteiger partial charge is 0.255 e. The van der Waals surface area contributed by atoms with Gasteiger partial charge in [0.05, 0.1) is 12.2 Å². The summed E-state index contributed by atoms with van der Waals surface area (Å²) in [5.74, 6) is -0.144. The van der Waals surface area contributed by atoms with E-state index in [1.165, 1.54) is 12.0 Å². The highest BCUT2D eigenvalue weighted by Crippen LogP contribution is 2.32. The number of benzene rings is 2. The molecule has 8 heteroatoms. The largest absolute Gasteiger partial charge is 0.368 e. The van der Waals surface area contributed by atoms with Crippen molar-refractivity contribution >= 4 is 28.1 Å². The van der Waals surface area contributed by atoms with E-state index in [-0.39, 0.29) is 5.91 Å². The first-order valence-corrected chi connectivity index (χ1v) is 10.7. The van der Waals surface area contributed by atoms with E-state index in [1.807, 2.05) is 42.6 Å². The molecule has 32 heavy (non-hydrogen) atoms. The van der Waals surface area contributed by atoms with Gasteiger partial charge in [-0.15, -0.1) is 0 Å². The molecule has 1 aliphatic rings. The lowest BCUT2D eigenvalue weighted by atomic mass is 10.1. The summed E-state index contributed by atoms with van der Waals surface area (Å²) in [4.78, 5) is 25.9. The fraction of sp³-hybridized carbons (Fsp3) is 0.250. The van der Waals surface area contributed by atoms with Crippen LogP contribution in [0.15, 0.2) is 67.5 Å². The van der Waals surface area contributed by atoms with Gasteiger partial charge in [0.1, 0.15) is 12.7 Å². The highest BCUT2D eigenvalue weighted by atomic mass is 16.1. The maximum Gasteiger partial charge on any atom is 0.255 e. The fourth-order valence-electron chi connectivity index (χ4n) is 4.06. The number of carbonyl (C=O) groups excluding carboxylic acids is 1. The van der Waals surface area contributed by atoms with Crippen LogP contribution in [0.2, 0.25) is 0 Å². The summed E-state index contributed by atoms with van der Waals surface area (Å²) in [6, 6.07) is 13.7. The first-order valence-electron chi connectivity index (χ1n) is 10.7. The molecule has 162 valence electrons. The first kappa shape index (κ1) is 20.1. The van der Waals surface area contributed by atoms with Crippen LogP contribution in [0.1, 0.15) is 15.9 Å². The van der Waals surface area contributed by atoms with Crippen LogP contribution in [0.5, 0.6) is 0 Å². The van der Waals surface area contributed by atoms with Crippen molar-refractivity contribution < 1.29 is 4.79 Å². The standard InChI is InChI=1S/C24H25N7O/c1-29-10-12-30(13-11-29)23-7-6-22(21-14-25-9-8-20(21)23)28-24(32)19-4-2-18(3-5-19)15-31-17-26-16-27-31/h2-9,14,16-17H,10-13,15H2,1H3,(H,28,32). The van der Waals surface area contributed by atoms with Crippen LogP contribution in [0.4, 0.5) is 11.4 Å². The minimum Gasteiger partial charge on any atom is -0.368 e. The summed E-state index contributed by atoms with van der Waals surface area (Å²) in [5, 5.41) is 9.23. The number of amides is 1. The van der Waals surface area contributed by atoms with E-state index < -0.39 is 0 Å². The zero-order valence-corrected chi connectivity index (χ0v) is 18.0. The van der Waals surface area contributed by atoms with E-state index in [4.69, 9.17) is 0 Å². The molecular formula is C24H25N7O. The molecule has 2 aromatic carbocycles. The number of piperazine rings is 1. The zero-order chi connectivity index (χ0) is 21.9. The van der Waals surface area contributed by atoms with Crippen molar-refractivity contribution in [1.29, 1.82) is 0 Å². The Morgan fingerprint density at radius 3 is 2.53 bits per heavy atom. The Balaban J connectivity index is 1.36. The Morgan fingerprint density at radius 1 is 0.969 bits per heavy atom. The third-order valence-electron chi connectivity index (χ3n) is 5.91. The molecule has 0 aliphatic carbocycles. The minimum atomic E-state index is -0.144. The number of nitrogens with one attached hydrogen (secondary N) is 1. The summed E-state index contributed by atoms with van der Waals surface area (Å²) in [5.41, 5.74) is 3.61. The Kier molecular flexibility index (Phi) is 5.51. The molecule has 0 atom stereocenters. The quantitative estimate of drug-likeness (QED) is 0.528. The van der Waals surface area contributed by atoms with Gasteiger partial charge in [0.15, 0.2) is 0 Å². The predicted octanol–water partition coefficient (Wildman–Crippen LogP) is 2.88. The van der Waals surface area contributed by atoms with E-state index in [0.29, 0.717) is 12.1 Å². The van der Waals surface area contributed by atoms with Crippen molar-refractivity contribution in [2.24, 2.45) is 0 Å². The van der Waals surface area contributed by atoms with Gasteiger partial charge in [-0.3, -0.25) is 9.78 Å². The number of carbonyl (C=O) groups is 1. The molecule has 1 amide bonds. The molecule has 0 unspecified atom stereocenters. The topological polar surface area (TPSA) is 79.2 Å². The van der Waals surface area contributed by atoms with E-state index in [2.05, 4.69) is 43.3 Å². The van der Waals surface area contributed by atoms with Crippen molar-refractivity contribution in [3.8, 4) is 0 Å². The highest BCUT2D eigenvalue weighted by Gasteiger charge is 2.18. The number of hydrogen-bond acceptors (Lipinski definition) is 6. The van der Waals surface area contributed by atoms with Crippen molar-refractivity contribution in [3.63, 3.8) is 0 Å². The molecule has 1 fully saturated rings. The van der Waals surface area contributed by atoms with Gasteiger partial charge in [-0.2, -0.15) is 5.10 Å². The fourth-order valence-corrected chi connectivity index (χ4v) is 4.06. The second kappa shape index (κ2) is 8.76. The van der Waals surface area contributed by atoms with Crippen molar-refractivity contribution in [2.75, 3.05) is 43.4 Å². The number of pyridine rings is 1. The lowest BCUT2D eigenvalue weighted by molar-refractivity contribution is 0.102. The Hall–Kier alpha value is -3.78. The Morgan fingerprint density at radius 2 is 1.78 bits per heavy atom. The summed E-state index contributed by atoms with van der Waals surface area (Å²) in [6.45, 7) is 4.67. The zero-order valence-electron chi connectivity index (χ0n) is 18.0. The molecule has 0 spiro atoms. The minimum absolute atomic E-state index is 0.144.